The summed E-state index contributed by atoms with van der Waals surface area (Å²) in [5, 5.41) is 9.07. The molecule has 7 rings (SSSR count). The molecule has 5 nitrogen and oxygen atoms in total. The normalized spacial score (nSPS) is 11.2. The van der Waals surface area contributed by atoms with E-state index in [1.165, 1.54) is 0 Å². The van der Waals surface area contributed by atoms with E-state index < -0.39 is 0 Å². The van der Waals surface area contributed by atoms with Gasteiger partial charge in [0.25, 0.3) is 0 Å². The highest BCUT2D eigenvalue weighted by molar-refractivity contribution is 5.93. The SMILES string of the molecule is Cc1nc2c(-c3nncn3-c3c(-c4ccccc4)cccc3-c3ccccc3)cccc2n1-c1ccccc1. The fraction of sp³-hybridized carbons (Fsp3) is 0.0294. The standard InChI is InChI=1S/C34H25N5/c1-24-36-32-30(21-12-22-31(32)39(24)27-17-9-4-10-18-27)34-37-35-23-38(34)33-28(25-13-5-2-6-14-25)19-11-20-29(33)26-15-7-3-8-16-26/h2-23H,1H3. The molecule has 5 aromatic carbocycles. The second-order valence-corrected chi connectivity index (χ2v) is 9.46. The van der Waals surface area contributed by atoms with E-state index in [2.05, 4.69) is 116 Å². The fourth-order valence-corrected chi connectivity index (χ4v) is 5.39. The number of fused-ring (bicyclic) bond motifs is 1. The van der Waals surface area contributed by atoms with Crippen molar-refractivity contribution < 1.29 is 0 Å². The van der Waals surface area contributed by atoms with Crippen LogP contribution in [0, 0.1) is 6.92 Å². The van der Waals surface area contributed by atoms with Gasteiger partial charge in [0, 0.05) is 22.4 Å². The number of para-hydroxylation sites is 3. The molecule has 0 aliphatic rings. The minimum atomic E-state index is 0.749. The monoisotopic (exact) mass is 503 g/mol. The van der Waals surface area contributed by atoms with Crippen LogP contribution in [0.15, 0.2) is 134 Å². The van der Waals surface area contributed by atoms with E-state index in [9.17, 15) is 0 Å². The molecule has 186 valence electrons. The summed E-state index contributed by atoms with van der Waals surface area (Å²) in [4.78, 5) is 5.02. The summed E-state index contributed by atoms with van der Waals surface area (Å²) in [5.41, 5.74) is 9.46. The third-order valence-electron chi connectivity index (χ3n) is 7.10. The minimum Gasteiger partial charge on any atom is -0.297 e. The molecule has 39 heavy (non-hydrogen) atoms. The Hall–Kier alpha value is -5.29. The number of hydrogen-bond donors (Lipinski definition) is 0. The molecule has 7 aromatic rings. The molecule has 0 saturated heterocycles. The van der Waals surface area contributed by atoms with E-state index >= 15 is 0 Å². The van der Waals surface area contributed by atoms with Crippen molar-refractivity contribution in [3.8, 4) is 45.0 Å². The van der Waals surface area contributed by atoms with Crippen molar-refractivity contribution >= 4 is 11.0 Å². The maximum absolute atomic E-state index is 5.02. The highest BCUT2D eigenvalue weighted by Gasteiger charge is 2.21. The third-order valence-corrected chi connectivity index (χ3v) is 7.10. The Morgan fingerprint density at radius 3 is 1.77 bits per heavy atom. The Kier molecular flexibility index (Phi) is 5.60. The van der Waals surface area contributed by atoms with Crippen molar-refractivity contribution in [3.05, 3.63) is 140 Å². The minimum absolute atomic E-state index is 0.749. The van der Waals surface area contributed by atoms with Crippen LogP contribution < -0.4 is 0 Å². The van der Waals surface area contributed by atoms with E-state index in [0.717, 1.165) is 61.9 Å². The molecule has 0 aliphatic carbocycles. The first-order valence-corrected chi connectivity index (χ1v) is 13.0. The molecule has 0 N–H and O–H groups in total. The van der Waals surface area contributed by atoms with Crippen LogP contribution in [-0.2, 0) is 0 Å². The van der Waals surface area contributed by atoms with Gasteiger partial charge in [-0.25, -0.2) is 4.98 Å². The molecular formula is C34H25N5. The van der Waals surface area contributed by atoms with Crippen molar-refractivity contribution in [2.75, 3.05) is 0 Å². The molecule has 0 radical (unpaired) electrons. The van der Waals surface area contributed by atoms with Gasteiger partial charge in [0.15, 0.2) is 5.82 Å². The van der Waals surface area contributed by atoms with Crippen LogP contribution in [-0.4, -0.2) is 24.3 Å². The third kappa shape index (κ3) is 3.92. The number of benzene rings is 5. The van der Waals surface area contributed by atoms with Gasteiger partial charge in [-0.1, -0.05) is 103 Å². The lowest BCUT2D eigenvalue weighted by atomic mass is 9.95. The average molecular weight is 504 g/mol. The zero-order chi connectivity index (χ0) is 26.2. The molecule has 0 fully saturated rings. The topological polar surface area (TPSA) is 48.5 Å². The molecule has 2 heterocycles. The van der Waals surface area contributed by atoms with E-state index in [0.29, 0.717) is 0 Å². The van der Waals surface area contributed by atoms with Crippen LogP contribution in [0.2, 0.25) is 0 Å². The van der Waals surface area contributed by atoms with Crippen molar-refractivity contribution in [1.82, 2.24) is 24.3 Å². The van der Waals surface area contributed by atoms with Gasteiger partial charge in [-0.05, 0) is 42.3 Å². The molecule has 2 aromatic heterocycles. The lowest BCUT2D eigenvalue weighted by Gasteiger charge is -2.18. The maximum atomic E-state index is 5.02. The average Bonchev–Trinajstić information content (AvgIpc) is 3.62. The first kappa shape index (κ1) is 22.9. The number of hydrogen-bond acceptors (Lipinski definition) is 3. The first-order valence-electron chi connectivity index (χ1n) is 13.0. The number of aromatic nitrogens is 5. The number of aryl methyl sites for hydroxylation is 1. The Balaban J connectivity index is 1.49. The van der Waals surface area contributed by atoms with Gasteiger partial charge in [-0.3, -0.25) is 9.13 Å². The Bertz CT molecular complexity index is 1840. The van der Waals surface area contributed by atoms with Gasteiger partial charge >= 0.3 is 0 Å². The summed E-state index contributed by atoms with van der Waals surface area (Å²) in [7, 11) is 0. The second kappa shape index (κ2) is 9.54. The molecule has 5 heteroatoms. The molecule has 0 atom stereocenters. The van der Waals surface area contributed by atoms with Crippen LogP contribution in [0.3, 0.4) is 0 Å². The van der Waals surface area contributed by atoms with Crippen molar-refractivity contribution in [2.45, 2.75) is 6.92 Å². The summed E-state index contributed by atoms with van der Waals surface area (Å²) in [6.45, 7) is 2.04. The quantitative estimate of drug-likeness (QED) is 0.240. The summed E-state index contributed by atoms with van der Waals surface area (Å²) in [5.74, 6) is 1.67. The first-order chi connectivity index (χ1) is 19.3. The second-order valence-electron chi connectivity index (χ2n) is 9.46. The molecule has 0 saturated carbocycles. The largest absolute Gasteiger partial charge is 0.297 e. The fourth-order valence-electron chi connectivity index (χ4n) is 5.39. The molecule has 0 aliphatic heterocycles. The number of nitrogens with zero attached hydrogens (tertiary/aromatic N) is 5. The van der Waals surface area contributed by atoms with Gasteiger partial charge in [0.2, 0.25) is 0 Å². The van der Waals surface area contributed by atoms with E-state index in [1.54, 1.807) is 0 Å². The zero-order valence-corrected chi connectivity index (χ0v) is 21.4. The van der Waals surface area contributed by atoms with Crippen molar-refractivity contribution in [3.63, 3.8) is 0 Å². The van der Waals surface area contributed by atoms with Gasteiger partial charge in [0.05, 0.1) is 11.2 Å². The molecular weight excluding hydrogens is 478 g/mol. The molecule has 0 unspecified atom stereocenters. The molecule has 0 spiro atoms. The Morgan fingerprint density at radius 2 is 1.13 bits per heavy atom. The van der Waals surface area contributed by atoms with Gasteiger partial charge in [-0.2, -0.15) is 0 Å². The van der Waals surface area contributed by atoms with Gasteiger partial charge < -0.3 is 0 Å². The van der Waals surface area contributed by atoms with Crippen LogP contribution in [0.1, 0.15) is 5.82 Å². The predicted molar refractivity (Wildman–Crippen MR) is 157 cm³/mol. The lowest BCUT2D eigenvalue weighted by molar-refractivity contribution is 1.00. The highest BCUT2D eigenvalue weighted by Crippen LogP contribution is 2.38. The highest BCUT2D eigenvalue weighted by atomic mass is 15.3. The maximum Gasteiger partial charge on any atom is 0.170 e. The smallest absolute Gasteiger partial charge is 0.170 e. The van der Waals surface area contributed by atoms with Crippen LogP contribution in [0.25, 0.3) is 56.0 Å². The Labute approximate surface area is 226 Å². The van der Waals surface area contributed by atoms with Crippen molar-refractivity contribution in [1.29, 1.82) is 0 Å². The number of imidazole rings is 1. The summed E-state index contributed by atoms with van der Waals surface area (Å²) >= 11 is 0. The van der Waals surface area contributed by atoms with E-state index in [4.69, 9.17) is 4.98 Å². The van der Waals surface area contributed by atoms with E-state index in [-0.39, 0.29) is 0 Å². The van der Waals surface area contributed by atoms with Gasteiger partial charge in [0.1, 0.15) is 17.7 Å². The van der Waals surface area contributed by atoms with Crippen LogP contribution >= 0.6 is 0 Å². The lowest BCUT2D eigenvalue weighted by Crippen LogP contribution is -2.02. The number of rotatable bonds is 5. The van der Waals surface area contributed by atoms with E-state index in [1.807, 2.05) is 43.6 Å². The Morgan fingerprint density at radius 1 is 0.564 bits per heavy atom. The van der Waals surface area contributed by atoms with Crippen molar-refractivity contribution in [2.24, 2.45) is 0 Å². The summed E-state index contributed by atoms with van der Waals surface area (Å²) in [6.07, 6.45) is 1.81. The summed E-state index contributed by atoms with van der Waals surface area (Å²) in [6, 6.07) is 44.0. The summed E-state index contributed by atoms with van der Waals surface area (Å²) < 4.78 is 4.29. The van der Waals surface area contributed by atoms with Crippen LogP contribution in [0.4, 0.5) is 0 Å². The predicted octanol–water partition coefficient (Wildman–Crippen LogP) is 7.92. The zero-order valence-electron chi connectivity index (χ0n) is 21.4. The van der Waals surface area contributed by atoms with Crippen LogP contribution in [0.5, 0.6) is 0 Å². The molecule has 0 bridgehead atoms. The van der Waals surface area contributed by atoms with Gasteiger partial charge in [-0.15, -0.1) is 10.2 Å². The molecule has 0 amide bonds.